The molecule has 0 fully saturated rings. The van der Waals surface area contributed by atoms with E-state index in [9.17, 15) is 19.7 Å². The van der Waals surface area contributed by atoms with E-state index in [0.717, 1.165) is 17.0 Å². The fourth-order valence-electron chi connectivity index (χ4n) is 1.17. The van der Waals surface area contributed by atoms with E-state index >= 15 is 0 Å². The average Bonchev–Trinajstić information content (AvgIpc) is 2.28. The fourth-order valence-corrected chi connectivity index (χ4v) is 1.17. The minimum Gasteiger partial charge on any atom is -0.464 e. The van der Waals surface area contributed by atoms with Crippen LogP contribution in [0.25, 0.3) is 0 Å². The molecule has 1 rings (SSSR count). The molecule has 1 heterocycles. The zero-order valence-electron chi connectivity index (χ0n) is 9.32. The van der Waals surface area contributed by atoms with Gasteiger partial charge in [0, 0.05) is 0 Å². The summed E-state index contributed by atoms with van der Waals surface area (Å²) in [5.41, 5.74) is -1.10. The molecule has 0 radical (unpaired) electrons. The highest BCUT2D eigenvalue weighted by molar-refractivity contribution is 5.73. The molecule has 8 nitrogen and oxygen atoms in total. The second-order valence-corrected chi connectivity index (χ2v) is 3.19. The van der Waals surface area contributed by atoms with Crippen molar-refractivity contribution in [3.63, 3.8) is 0 Å². The van der Waals surface area contributed by atoms with Crippen molar-refractivity contribution in [1.29, 1.82) is 0 Å². The van der Waals surface area contributed by atoms with Crippen molar-refractivity contribution in [3.8, 4) is 0 Å². The van der Waals surface area contributed by atoms with Crippen LogP contribution in [0.15, 0.2) is 17.2 Å². The van der Waals surface area contributed by atoms with Gasteiger partial charge in [0.1, 0.15) is 12.2 Å². The molecule has 1 atom stereocenters. The van der Waals surface area contributed by atoms with E-state index in [1.165, 1.54) is 6.92 Å². The summed E-state index contributed by atoms with van der Waals surface area (Å²) in [6.45, 7) is 3.20. The number of carbonyl (C=O) groups excluding carboxylic acids is 1. The normalized spacial score (nSPS) is 11.9. The van der Waals surface area contributed by atoms with Crippen LogP contribution >= 0.6 is 0 Å². The summed E-state index contributed by atoms with van der Waals surface area (Å²) in [6, 6.07) is -0.949. The first-order valence-corrected chi connectivity index (χ1v) is 4.86. The van der Waals surface area contributed by atoms with Gasteiger partial charge in [-0.3, -0.25) is 14.7 Å². The maximum Gasteiger partial charge on any atom is 0.348 e. The number of nitrogens with zero attached hydrogens (tertiary/aromatic N) is 3. The molecule has 1 aromatic rings. The van der Waals surface area contributed by atoms with Gasteiger partial charge in [-0.1, -0.05) is 0 Å². The summed E-state index contributed by atoms with van der Waals surface area (Å²) < 4.78 is 5.59. The minimum absolute atomic E-state index is 0.167. The Hall–Kier alpha value is -2.25. The number of rotatable bonds is 4. The van der Waals surface area contributed by atoms with E-state index in [0.29, 0.717) is 0 Å². The van der Waals surface area contributed by atoms with Crippen LogP contribution in [0, 0.1) is 10.1 Å². The highest BCUT2D eigenvalue weighted by Gasteiger charge is 2.20. The Morgan fingerprint density at radius 1 is 1.71 bits per heavy atom. The Bertz CT molecular complexity index is 496. The zero-order valence-corrected chi connectivity index (χ0v) is 9.32. The van der Waals surface area contributed by atoms with E-state index in [1.54, 1.807) is 6.92 Å². The van der Waals surface area contributed by atoms with Crippen LogP contribution in [0.2, 0.25) is 0 Å². The third-order valence-electron chi connectivity index (χ3n) is 2.06. The van der Waals surface area contributed by atoms with Crippen LogP contribution in [0.3, 0.4) is 0 Å². The second kappa shape index (κ2) is 5.19. The topological polar surface area (TPSA) is 104 Å². The summed E-state index contributed by atoms with van der Waals surface area (Å²) in [4.78, 5) is 35.9. The number of ether oxygens (including phenoxy) is 1. The van der Waals surface area contributed by atoms with Gasteiger partial charge in [0.15, 0.2) is 0 Å². The quantitative estimate of drug-likeness (QED) is 0.426. The number of hydrogen-bond acceptors (Lipinski definition) is 6. The van der Waals surface area contributed by atoms with Crippen LogP contribution in [0.5, 0.6) is 0 Å². The molecule has 0 aliphatic carbocycles. The zero-order chi connectivity index (χ0) is 13.0. The Labute approximate surface area is 96.0 Å². The van der Waals surface area contributed by atoms with Gasteiger partial charge in [0.25, 0.3) is 0 Å². The van der Waals surface area contributed by atoms with Crippen molar-refractivity contribution < 1.29 is 14.5 Å². The van der Waals surface area contributed by atoms with Gasteiger partial charge in [-0.25, -0.2) is 9.59 Å². The first kappa shape index (κ1) is 12.8. The molecule has 1 unspecified atom stereocenters. The third kappa shape index (κ3) is 2.86. The van der Waals surface area contributed by atoms with Gasteiger partial charge in [0.2, 0.25) is 0 Å². The lowest BCUT2D eigenvalue weighted by molar-refractivity contribution is -0.385. The van der Waals surface area contributed by atoms with Crippen LogP contribution in [-0.4, -0.2) is 27.1 Å². The van der Waals surface area contributed by atoms with E-state index in [2.05, 4.69) is 4.98 Å². The van der Waals surface area contributed by atoms with Gasteiger partial charge >= 0.3 is 17.3 Å². The maximum absolute atomic E-state index is 11.4. The van der Waals surface area contributed by atoms with Gasteiger partial charge in [-0.15, -0.1) is 0 Å². The number of carbonyl (C=O) groups is 1. The molecular weight excluding hydrogens is 230 g/mol. The molecule has 0 N–H and O–H groups in total. The number of esters is 1. The van der Waals surface area contributed by atoms with E-state index in [-0.39, 0.29) is 12.3 Å². The highest BCUT2D eigenvalue weighted by atomic mass is 16.6. The van der Waals surface area contributed by atoms with E-state index in [1.807, 2.05) is 0 Å². The molecular formula is C9H11N3O5. The molecule has 0 saturated carbocycles. The molecule has 0 aliphatic heterocycles. The van der Waals surface area contributed by atoms with Crippen LogP contribution in [-0.2, 0) is 9.53 Å². The lowest BCUT2D eigenvalue weighted by atomic mass is 10.3. The molecule has 0 spiro atoms. The Morgan fingerprint density at radius 2 is 2.35 bits per heavy atom. The molecule has 0 aliphatic rings. The van der Waals surface area contributed by atoms with Crippen molar-refractivity contribution >= 4 is 11.7 Å². The smallest absolute Gasteiger partial charge is 0.348 e. The number of hydrogen-bond donors (Lipinski definition) is 0. The lowest BCUT2D eigenvalue weighted by Crippen LogP contribution is -2.30. The Balaban J connectivity index is 3.12. The first-order valence-electron chi connectivity index (χ1n) is 4.86. The Kier molecular flexibility index (Phi) is 3.91. The molecule has 8 heteroatoms. The summed E-state index contributed by atoms with van der Waals surface area (Å²) in [5, 5.41) is 10.5. The first-order chi connectivity index (χ1) is 7.97. The largest absolute Gasteiger partial charge is 0.464 e. The molecule has 0 bridgehead atoms. The fraction of sp³-hybridized carbons (Fsp3) is 0.444. The summed E-state index contributed by atoms with van der Waals surface area (Å²) >= 11 is 0. The van der Waals surface area contributed by atoms with Gasteiger partial charge in [0.05, 0.1) is 17.7 Å². The minimum atomic E-state index is -0.949. The van der Waals surface area contributed by atoms with E-state index < -0.39 is 22.6 Å². The second-order valence-electron chi connectivity index (χ2n) is 3.19. The third-order valence-corrected chi connectivity index (χ3v) is 2.06. The van der Waals surface area contributed by atoms with Gasteiger partial charge in [-0.2, -0.15) is 4.98 Å². The maximum atomic E-state index is 11.4. The monoisotopic (exact) mass is 241 g/mol. The van der Waals surface area contributed by atoms with Crippen molar-refractivity contribution in [1.82, 2.24) is 9.55 Å². The van der Waals surface area contributed by atoms with Gasteiger partial charge in [-0.05, 0) is 13.8 Å². The Morgan fingerprint density at radius 3 is 2.88 bits per heavy atom. The predicted molar refractivity (Wildman–Crippen MR) is 56.5 cm³/mol. The average molecular weight is 241 g/mol. The van der Waals surface area contributed by atoms with Crippen molar-refractivity contribution in [2.45, 2.75) is 19.9 Å². The van der Waals surface area contributed by atoms with E-state index in [4.69, 9.17) is 4.74 Å². The molecule has 17 heavy (non-hydrogen) atoms. The highest BCUT2D eigenvalue weighted by Crippen LogP contribution is 2.10. The number of nitro groups is 1. The summed E-state index contributed by atoms with van der Waals surface area (Å²) in [5.74, 6) is -0.642. The number of aromatic nitrogens is 2. The molecule has 0 aromatic carbocycles. The van der Waals surface area contributed by atoms with Crippen LogP contribution < -0.4 is 5.69 Å². The standard InChI is InChI=1S/C9H11N3O5/c1-3-17-8(13)6(2)11-5-7(12(15)16)4-10-9(11)14/h4-6H,3H2,1-2H3. The van der Waals surface area contributed by atoms with Crippen molar-refractivity contribution in [2.24, 2.45) is 0 Å². The SMILES string of the molecule is CCOC(=O)C(C)n1cc([N+](=O)[O-])cnc1=O. The molecule has 0 saturated heterocycles. The van der Waals surface area contributed by atoms with Crippen molar-refractivity contribution in [3.05, 3.63) is 33.0 Å². The summed E-state index contributed by atoms with van der Waals surface area (Å²) in [7, 11) is 0. The van der Waals surface area contributed by atoms with Gasteiger partial charge < -0.3 is 4.74 Å². The summed E-state index contributed by atoms with van der Waals surface area (Å²) in [6.07, 6.45) is 1.81. The van der Waals surface area contributed by atoms with Crippen LogP contribution in [0.1, 0.15) is 19.9 Å². The van der Waals surface area contributed by atoms with Crippen LogP contribution in [0.4, 0.5) is 5.69 Å². The molecule has 0 amide bonds. The predicted octanol–water partition coefficient (Wildman–Crippen LogP) is 0.276. The molecule has 92 valence electrons. The molecule has 1 aromatic heterocycles. The lowest BCUT2D eigenvalue weighted by Gasteiger charge is -2.12. The van der Waals surface area contributed by atoms with Crippen molar-refractivity contribution in [2.75, 3.05) is 6.61 Å².